The number of unbranched alkanes of at least 4 members (excludes halogenated alkanes) is 11. The molecule has 4 aliphatic carbocycles. The number of carbonyl (C=O) groups is 1. The van der Waals surface area contributed by atoms with Gasteiger partial charge in [0.2, 0.25) is 5.91 Å². The van der Waals surface area contributed by atoms with E-state index in [0.29, 0.717) is 31.1 Å². The Morgan fingerprint density at radius 3 is 2.10 bits per heavy atom. The first kappa shape index (κ1) is 43.8. The average Bonchev–Trinajstić information content (AvgIpc) is 3.21. The van der Waals surface area contributed by atoms with E-state index in [1.807, 2.05) is 30.5 Å². The van der Waals surface area contributed by atoms with Crippen molar-refractivity contribution in [1.82, 2.24) is 15.2 Å². The van der Waals surface area contributed by atoms with Crippen LogP contribution in [0.5, 0.6) is 5.75 Å². The predicted octanol–water partition coefficient (Wildman–Crippen LogP) is 11.5. The molecule has 58 heavy (non-hydrogen) atoms. The number of carbonyl (C=O) groups excluding carboxylic acids is 1. The second-order valence-electron chi connectivity index (χ2n) is 19.7. The van der Waals surface area contributed by atoms with E-state index in [-0.39, 0.29) is 17.5 Å². The third-order valence-corrected chi connectivity index (χ3v) is 17.3. The summed E-state index contributed by atoms with van der Waals surface area (Å²) in [5.41, 5.74) is 1.81. The number of nitrogens with one attached hydrogen (secondary N) is 1. The zero-order chi connectivity index (χ0) is 40.5. The van der Waals surface area contributed by atoms with Crippen LogP contribution in [0.15, 0.2) is 30.5 Å². The monoisotopic (exact) mass is 820 g/mol. The highest BCUT2D eigenvalue weighted by molar-refractivity contribution is 7.87. The Morgan fingerprint density at radius 2 is 1.50 bits per heavy atom. The van der Waals surface area contributed by atoms with Crippen molar-refractivity contribution in [2.45, 2.75) is 197 Å². The zero-order valence-corrected chi connectivity index (χ0v) is 37.3. The maximum atomic E-state index is 14.8. The maximum Gasteiger partial charge on any atom is 0.270 e. The van der Waals surface area contributed by atoms with Crippen LogP contribution in [-0.4, -0.2) is 61.2 Å². The number of amides is 1. The average molecular weight is 820 g/mol. The van der Waals surface area contributed by atoms with Crippen LogP contribution in [0.3, 0.4) is 0 Å². The minimum atomic E-state index is -3.91. The van der Waals surface area contributed by atoms with Gasteiger partial charge in [-0.1, -0.05) is 97.3 Å². The van der Waals surface area contributed by atoms with Crippen LogP contribution in [0, 0.1) is 29.6 Å². The fourth-order valence-corrected chi connectivity index (χ4v) is 14.4. The molecule has 4 heterocycles. The summed E-state index contributed by atoms with van der Waals surface area (Å²) in [6.45, 7) is 6.54. The summed E-state index contributed by atoms with van der Waals surface area (Å²) in [5.74, 6) is 4.72. The number of benzene rings is 1. The molecule has 1 N–H and O–H groups in total. The van der Waals surface area contributed by atoms with Crippen molar-refractivity contribution in [3.8, 4) is 5.75 Å². The van der Waals surface area contributed by atoms with Crippen LogP contribution < -0.4 is 10.1 Å². The molecule has 7 aliphatic rings. The summed E-state index contributed by atoms with van der Waals surface area (Å²) in [4.78, 5) is 20.3. The molecule has 1 amide bonds. The van der Waals surface area contributed by atoms with Gasteiger partial charge in [0.25, 0.3) is 10.1 Å². The second-order valence-corrected chi connectivity index (χ2v) is 21.6. The summed E-state index contributed by atoms with van der Waals surface area (Å²) in [7, 11) is -2.24. The Bertz CT molecular complexity index is 1700. The molecule has 6 atom stereocenters. The predicted molar refractivity (Wildman–Crippen MR) is 235 cm³/mol. The number of nitrogens with zero attached hydrogens (tertiary/aromatic N) is 2. The Kier molecular flexibility index (Phi) is 15.5. The molecular weight excluding hydrogens is 743 g/mol. The van der Waals surface area contributed by atoms with E-state index in [1.54, 1.807) is 7.11 Å². The summed E-state index contributed by atoms with van der Waals surface area (Å²) < 4.78 is 41.8. The van der Waals surface area contributed by atoms with Gasteiger partial charge in [-0.15, -0.1) is 0 Å². The Balaban J connectivity index is 0.980. The third-order valence-electron chi connectivity index (χ3n) is 15.5. The molecule has 3 saturated heterocycles. The Hall–Kier alpha value is -2.23. The molecule has 7 fully saturated rings. The van der Waals surface area contributed by atoms with Crippen LogP contribution >= 0.6 is 0 Å². The number of pyridine rings is 1. The lowest BCUT2D eigenvalue weighted by Crippen LogP contribution is -2.59. The van der Waals surface area contributed by atoms with Crippen molar-refractivity contribution >= 4 is 26.9 Å². The molecule has 0 spiro atoms. The number of rotatable bonds is 25. The number of ether oxygens (including phenoxy) is 1. The van der Waals surface area contributed by atoms with E-state index in [2.05, 4.69) is 29.0 Å². The van der Waals surface area contributed by atoms with Gasteiger partial charge in [0.05, 0.1) is 17.9 Å². The van der Waals surface area contributed by atoms with Gasteiger partial charge in [-0.3, -0.25) is 18.9 Å². The van der Waals surface area contributed by atoms with Crippen LogP contribution in [0.25, 0.3) is 10.9 Å². The van der Waals surface area contributed by atoms with E-state index in [4.69, 9.17) is 8.92 Å². The van der Waals surface area contributed by atoms with Crippen molar-refractivity contribution in [2.75, 3.05) is 20.2 Å². The summed E-state index contributed by atoms with van der Waals surface area (Å²) >= 11 is 0. The minimum Gasteiger partial charge on any atom is -0.497 e. The zero-order valence-electron chi connectivity index (χ0n) is 36.4. The Labute approximate surface area is 351 Å². The first-order valence-electron chi connectivity index (χ1n) is 24.1. The highest BCUT2D eigenvalue weighted by Gasteiger charge is 2.51. The van der Waals surface area contributed by atoms with Gasteiger partial charge < -0.3 is 10.1 Å². The molecule has 8 nitrogen and oxygen atoms in total. The van der Waals surface area contributed by atoms with E-state index in [1.165, 1.54) is 77.0 Å². The van der Waals surface area contributed by atoms with E-state index >= 15 is 0 Å². The van der Waals surface area contributed by atoms with E-state index < -0.39 is 21.5 Å². The van der Waals surface area contributed by atoms with Gasteiger partial charge in [0, 0.05) is 36.1 Å². The highest BCUT2D eigenvalue weighted by atomic mass is 32.2. The van der Waals surface area contributed by atoms with Gasteiger partial charge in [-0.2, -0.15) is 8.42 Å². The molecule has 9 rings (SSSR count). The molecule has 3 aliphatic heterocycles. The lowest BCUT2D eigenvalue weighted by atomic mass is 9.53. The largest absolute Gasteiger partial charge is 0.497 e. The standard InChI is InChI=1S/C49H77N3O5S/c1-4-6-7-8-9-10-12-15-18-42(19-16-13-11-14-17-20-47(53)51-49-32-36-27-37(33-49)29-38(28-36)34-49)58(54,55)57-48(46-30-40-24-26-52(46)35-39(40)5-2)43-23-25-50-45-22-21-41(56-3)31-44(43)45/h21-23,25,31,36-40,42,46,48H,4-20,24,26-30,32-35H2,1-3H3,(H,51,53)/t36?,37?,38?,39-,40-,42?,46-,48+,49?/m0/s1. The highest BCUT2D eigenvalue weighted by Crippen LogP contribution is 2.55. The van der Waals surface area contributed by atoms with Crippen molar-refractivity contribution in [3.05, 3.63) is 36.0 Å². The van der Waals surface area contributed by atoms with Gasteiger partial charge in [0.1, 0.15) is 11.9 Å². The summed E-state index contributed by atoms with van der Waals surface area (Å²) in [6, 6.07) is 7.86. The lowest BCUT2D eigenvalue weighted by Gasteiger charge is -2.56. The van der Waals surface area contributed by atoms with Gasteiger partial charge in [0.15, 0.2) is 0 Å². The molecule has 2 aromatic rings. The summed E-state index contributed by atoms with van der Waals surface area (Å²) in [6.07, 6.45) is 28.4. The quantitative estimate of drug-likeness (QED) is 0.0787. The number of methoxy groups -OCH3 is 1. The van der Waals surface area contributed by atoms with Crippen LogP contribution in [-0.2, 0) is 19.1 Å². The molecule has 0 radical (unpaired) electrons. The molecular formula is C49H77N3O5S. The molecule has 6 bridgehead atoms. The van der Waals surface area contributed by atoms with Crippen molar-refractivity contribution in [1.29, 1.82) is 0 Å². The second kappa shape index (κ2) is 20.6. The van der Waals surface area contributed by atoms with Gasteiger partial charge in [-0.05, 0) is 137 Å². The van der Waals surface area contributed by atoms with Crippen molar-refractivity contribution in [2.24, 2.45) is 29.6 Å². The van der Waals surface area contributed by atoms with Crippen LogP contribution in [0.4, 0.5) is 0 Å². The first-order chi connectivity index (χ1) is 28.2. The fraction of sp³-hybridized carbons (Fsp3) is 0.796. The number of fused-ring (bicyclic) bond motifs is 4. The van der Waals surface area contributed by atoms with E-state index in [9.17, 15) is 13.2 Å². The topological polar surface area (TPSA) is 97.8 Å². The molecule has 2 unspecified atom stereocenters. The molecule has 4 saturated carbocycles. The number of aromatic nitrogens is 1. The molecule has 1 aromatic carbocycles. The van der Waals surface area contributed by atoms with Crippen molar-refractivity contribution in [3.63, 3.8) is 0 Å². The smallest absolute Gasteiger partial charge is 0.270 e. The number of hydrogen-bond acceptors (Lipinski definition) is 7. The normalized spacial score (nSPS) is 29.8. The van der Waals surface area contributed by atoms with E-state index in [0.717, 1.165) is 117 Å². The van der Waals surface area contributed by atoms with Crippen molar-refractivity contribution < 1.29 is 22.1 Å². The lowest BCUT2D eigenvalue weighted by molar-refractivity contribution is -0.127. The number of hydrogen-bond donors (Lipinski definition) is 1. The first-order valence-corrected chi connectivity index (χ1v) is 25.6. The molecule has 1 aromatic heterocycles. The molecule has 324 valence electrons. The fourth-order valence-electron chi connectivity index (χ4n) is 12.8. The van der Waals surface area contributed by atoms with Gasteiger partial charge >= 0.3 is 0 Å². The Morgan fingerprint density at radius 1 is 0.862 bits per heavy atom. The van der Waals surface area contributed by atoms with Crippen LogP contribution in [0.2, 0.25) is 0 Å². The SMILES string of the molecule is CCCCCCCCCCC(CCCCCCCC(=O)NC12CC3CC(CC(C3)C1)C2)S(=O)(=O)O[C@H](c1ccnc2ccc(OC)cc12)[C@@H]1C[C@@H]2CCN1C[C@@H]2CC. The van der Waals surface area contributed by atoms with Crippen LogP contribution in [0.1, 0.15) is 186 Å². The molecule has 9 heteroatoms. The number of piperidine rings is 3. The van der Waals surface area contributed by atoms with Gasteiger partial charge in [-0.25, -0.2) is 0 Å². The minimum absolute atomic E-state index is 0.00274. The summed E-state index contributed by atoms with van der Waals surface area (Å²) in [5, 5.41) is 3.93. The third kappa shape index (κ3) is 11.0. The maximum absolute atomic E-state index is 14.8.